The van der Waals surface area contributed by atoms with Crippen LogP contribution in [0.3, 0.4) is 0 Å². The van der Waals surface area contributed by atoms with Crippen LogP contribution in [0, 0.1) is 11.3 Å². The number of carbonyl (C=O) groups excluding carboxylic acids is 1. The van der Waals surface area contributed by atoms with Crippen LogP contribution >= 0.6 is 0 Å². The Labute approximate surface area is 206 Å². The molecule has 3 aromatic carbocycles. The summed E-state index contributed by atoms with van der Waals surface area (Å²) in [5, 5.41) is 20.8. The summed E-state index contributed by atoms with van der Waals surface area (Å²) in [5.41, 5.74) is 3.58. The number of aromatic nitrogens is 3. The van der Waals surface area contributed by atoms with E-state index in [9.17, 15) is 15.2 Å². The van der Waals surface area contributed by atoms with E-state index >= 15 is 0 Å². The summed E-state index contributed by atoms with van der Waals surface area (Å²) >= 11 is 0. The lowest BCUT2D eigenvalue weighted by molar-refractivity contribution is 0.0505. The SMILES string of the molecule is COc1ccc(-c2cc(C(=O)OCC(O)=C(C#N)c3nc4ccccc4[nH]3)c3ccccc3n2)cc1. The van der Waals surface area contributed by atoms with E-state index in [2.05, 4.69) is 15.0 Å². The van der Waals surface area contributed by atoms with Crippen molar-refractivity contribution in [1.29, 1.82) is 5.26 Å². The van der Waals surface area contributed by atoms with Crippen molar-refractivity contribution in [2.45, 2.75) is 0 Å². The Kier molecular flexibility index (Phi) is 6.03. The smallest absolute Gasteiger partial charge is 0.339 e. The fourth-order valence-electron chi connectivity index (χ4n) is 3.86. The third kappa shape index (κ3) is 4.33. The van der Waals surface area contributed by atoms with Crippen molar-refractivity contribution in [3.05, 3.63) is 96.0 Å². The van der Waals surface area contributed by atoms with Gasteiger partial charge in [0, 0.05) is 10.9 Å². The Bertz CT molecular complexity index is 1630. The van der Waals surface area contributed by atoms with E-state index < -0.39 is 18.3 Å². The molecule has 0 saturated heterocycles. The number of nitriles is 1. The Balaban J connectivity index is 1.45. The van der Waals surface area contributed by atoms with Crippen LogP contribution in [0.2, 0.25) is 0 Å². The van der Waals surface area contributed by atoms with Gasteiger partial charge in [-0.15, -0.1) is 0 Å². The predicted octanol–water partition coefficient (Wildman–Crippen LogP) is 5.44. The van der Waals surface area contributed by atoms with Gasteiger partial charge in [-0.3, -0.25) is 0 Å². The first-order valence-electron chi connectivity index (χ1n) is 11.1. The lowest BCUT2D eigenvalue weighted by Crippen LogP contribution is -2.10. The largest absolute Gasteiger partial charge is 0.507 e. The summed E-state index contributed by atoms with van der Waals surface area (Å²) in [4.78, 5) is 25.1. The van der Waals surface area contributed by atoms with E-state index in [0.29, 0.717) is 33.4 Å². The summed E-state index contributed by atoms with van der Waals surface area (Å²) in [7, 11) is 1.59. The normalized spacial score (nSPS) is 11.7. The third-order valence-electron chi connectivity index (χ3n) is 5.69. The van der Waals surface area contributed by atoms with Crippen LogP contribution in [0.5, 0.6) is 5.75 Å². The number of rotatable bonds is 6. The lowest BCUT2D eigenvalue weighted by Gasteiger charge is -2.11. The summed E-state index contributed by atoms with van der Waals surface area (Å²) in [6.45, 7) is -0.493. The molecule has 0 bridgehead atoms. The molecule has 5 rings (SSSR count). The first-order valence-corrected chi connectivity index (χ1v) is 11.1. The highest BCUT2D eigenvalue weighted by atomic mass is 16.5. The van der Waals surface area contributed by atoms with Gasteiger partial charge < -0.3 is 19.6 Å². The highest BCUT2D eigenvalue weighted by molar-refractivity contribution is 6.04. The van der Waals surface area contributed by atoms with Crippen LogP contribution in [0.1, 0.15) is 16.2 Å². The first kappa shape index (κ1) is 22.6. The molecule has 0 atom stereocenters. The number of aromatic amines is 1. The van der Waals surface area contributed by atoms with Gasteiger partial charge in [-0.25, -0.2) is 14.8 Å². The van der Waals surface area contributed by atoms with Gasteiger partial charge in [-0.2, -0.15) is 5.26 Å². The van der Waals surface area contributed by atoms with Crippen molar-refractivity contribution in [1.82, 2.24) is 15.0 Å². The molecule has 176 valence electrons. The zero-order chi connectivity index (χ0) is 25.1. The van der Waals surface area contributed by atoms with Crippen molar-refractivity contribution < 1.29 is 19.4 Å². The fourth-order valence-corrected chi connectivity index (χ4v) is 3.86. The monoisotopic (exact) mass is 476 g/mol. The standard InChI is InChI=1S/C28H20N4O4/c1-35-18-12-10-17(11-13-18)25-14-20(19-6-2-3-7-22(19)30-25)28(34)36-16-26(33)21(15-29)27-31-23-8-4-5-9-24(23)32-27/h2-14,33H,16H2,1H3,(H,31,32). The number of hydrogen-bond acceptors (Lipinski definition) is 7. The van der Waals surface area contributed by atoms with Gasteiger partial charge in [0.2, 0.25) is 0 Å². The Morgan fingerprint density at radius 1 is 1.00 bits per heavy atom. The number of allylic oxidation sites excluding steroid dienone is 1. The van der Waals surface area contributed by atoms with E-state index in [1.807, 2.05) is 60.7 Å². The molecule has 8 nitrogen and oxygen atoms in total. The molecule has 0 unspecified atom stereocenters. The number of aliphatic hydroxyl groups is 1. The molecule has 0 saturated carbocycles. The van der Waals surface area contributed by atoms with Crippen molar-refractivity contribution in [3.8, 4) is 23.1 Å². The van der Waals surface area contributed by atoms with Crippen LogP contribution in [-0.2, 0) is 4.74 Å². The third-order valence-corrected chi connectivity index (χ3v) is 5.69. The summed E-state index contributed by atoms with van der Waals surface area (Å²) in [5.74, 6) is -0.155. The minimum Gasteiger partial charge on any atom is -0.507 e. The molecular formula is C28H20N4O4. The predicted molar refractivity (Wildman–Crippen MR) is 135 cm³/mol. The molecule has 2 heterocycles. The van der Waals surface area contributed by atoms with Crippen LogP contribution in [0.25, 0.3) is 38.8 Å². The summed E-state index contributed by atoms with van der Waals surface area (Å²) in [6.07, 6.45) is 0. The van der Waals surface area contributed by atoms with E-state index in [0.717, 1.165) is 11.1 Å². The number of fused-ring (bicyclic) bond motifs is 2. The number of benzene rings is 3. The molecule has 36 heavy (non-hydrogen) atoms. The van der Waals surface area contributed by atoms with Crippen molar-refractivity contribution >= 4 is 33.5 Å². The molecule has 0 radical (unpaired) electrons. The van der Waals surface area contributed by atoms with Gasteiger partial charge >= 0.3 is 5.97 Å². The minimum absolute atomic E-state index is 0.0995. The molecule has 2 aromatic heterocycles. The lowest BCUT2D eigenvalue weighted by atomic mass is 10.0. The van der Waals surface area contributed by atoms with Gasteiger partial charge in [-0.05, 0) is 48.5 Å². The number of pyridine rings is 1. The number of nitrogens with zero attached hydrogens (tertiary/aromatic N) is 3. The first-order chi connectivity index (χ1) is 17.6. The van der Waals surface area contributed by atoms with Gasteiger partial charge in [0.25, 0.3) is 0 Å². The zero-order valence-electron chi connectivity index (χ0n) is 19.2. The number of aliphatic hydroxyl groups excluding tert-OH is 1. The average molecular weight is 476 g/mol. The number of esters is 1. The maximum absolute atomic E-state index is 13.1. The molecule has 0 aliphatic carbocycles. The number of imidazole rings is 1. The van der Waals surface area contributed by atoms with E-state index in [-0.39, 0.29) is 11.4 Å². The van der Waals surface area contributed by atoms with Crippen LogP contribution in [0.4, 0.5) is 0 Å². The van der Waals surface area contributed by atoms with Crippen molar-refractivity contribution in [2.75, 3.05) is 13.7 Å². The maximum atomic E-state index is 13.1. The number of ether oxygens (including phenoxy) is 2. The number of para-hydroxylation sites is 3. The second-order valence-electron chi connectivity index (χ2n) is 7.91. The molecule has 0 fully saturated rings. The van der Waals surface area contributed by atoms with Crippen molar-refractivity contribution in [3.63, 3.8) is 0 Å². The second kappa shape index (κ2) is 9.60. The zero-order valence-corrected chi connectivity index (χ0v) is 19.2. The van der Waals surface area contributed by atoms with Gasteiger partial charge in [-0.1, -0.05) is 30.3 Å². The van der Waals surface area contributed by atoms with Crippen molar-refractivity contribution in [2.24, 2.45) is 0 Å². The second-order valence-corrected chi connectivity index (χ2v) is 7.91. The number of nitrogens with one attached hydrogen (secondary N) is 1. The quantitative estimate of drug-likeness (QED) is 0.190. The van der Waals surface area contributed by atoms with E-state index in [1.54, 1.807) is 31.4 Å². The molecular weight excluding hydrogens is 456 g/mol. The molecule has 0 aliphatic heterocycles. The molecule has 0 spiro atoms. The highest BCUT2D eigenvalue weighted by Gasteiger charge is 2.18. The number of hydrogen-bond donors (Lipinski definition) is 2. The Hall–Kier alpha value is -5.16. The van der Waals surface area contributed by atoms with E-state index in [4.69, 9.17) is 9.47 Å². The fraction of sp³-hybridized carbons (Fsp3) is 0.0714. The van der Waals surface area contributed by atoms with Crippen LogP contribution in [0.15, 0.2) is 84.6 Å². The van der Waals surface area contributed by atoms with Gasteiger partial charge in [0.15, 0.2) is 11.6 Å². The Morgan fingerprint density at radius 3 is 2.44 bits per heavy atom. The molecule has 0 amide bonds. The molecule has 8 heteroatoms. The number of methoxy groups -OCH3 is 1. The summed E-state index contributed by atoms with van der Waals surface area (Å²) in [6, 6.07) is 25.4. The van der Waals surface area contributed by atoms with Crippen LogP contribution < -0.4 is 4.74 Å². The number of carbonyl (C=O) groups is 1. The molecule has 2 N–H and O–H groups in total. The topological polar surface area (TPSA) is 121 Å². The van der Waals surface area contributed by atoms with E-state index in [1.165, 1.54) is 0 Å². The highest BCUT2D eigenvalue weighted by Crippen LogP contribution is 2.27. The van der Waals surface area contributed by atoms with Crippen LogP contribution in [-0.4, -0.2) is 39.7 Å². The molecule has 5 aromatic rings. The number of H-pyrrole nitrogens is 1. The Morgan fingerprint density at radius 2 is 1.72 bits per heavy atom. The summed E-state index contributed by atoms with van der Waals surface area (Å²) < 4.78 is 10.6. The van der Waals surface area contributed by atoms with Gasteiger partial charge in [0.1, 0.15) is 24.0 Å². The minimum atomic E-state index is -0.656. The maximum Gasteiger partial charge on any atom is 0.339 e. The van der Waals surface area contributed by atoms with Gasteiger partial charge in [0.05, 0.1) is 34.9 Å². The average Bonchev–Trinajstić information content (AvgIpc) is 3.35. The molecule has 0 aliphatic rings.